The van der Waals surface area contributed by atoms with E-state index in [0.29, 0.717) is 11.3 Å². The van der Waals surface area contributed by atoms with Crippen molar-refractivity contribution in [3.05, 3.63) is 77.1 Å². The van der Waals surface area contributed by atoms with Crippen LogP contribution in [-0.2, 0) is 9.84 Å². The van der Waals surface area contributed by atoms with Crippen LogP contribution in [0, 0.1) is 0 Å². The lowest BCUT2D eigenvalue weighted by Gasteiger charge is -2.10. The van der Waals surface area contributed by atoms with E-state index in [-0.39, 0.29) is 19.8 Å². The molecule has 0 bridgehead atoms. The van der Waals surface area contributed by atoms with Crippen LogP contribution >= 0.6 is 23.2 Å². The Morgan fingerprint density at radius 3 is 2.38 bits per heavy atom. The van der Waals surface area contributed by atoms with Crippen LogP contribution in [0.5, 0.6) is 0 Å². The Hall–Kier alpha value is -2.34. The molecule has 0 amide bonds. The van der Waals surface area contributed by atoms with Crippen LogP contribution in [0.4, 0.5) is 0 Å². The molecule has 130 valence electrons. The van der Waals surface area contributed by atoms with E-state index in [1.54, 1.807) is 30.5 Å². The first kappa shape index (κ1) is 17.1. The molecule has 3 aromatic carbocycles. The van der Waals surface area contributed by atoms with Crippen molar-refractivity contribution in [3.63, 3.8) is 0 Å². The summed E-state index contributed by atoms with van der Waals surface area (Å²) in [6, 6.07) is 14.7. The Kier molecular flexibility index (Phi) is 4.23. The second-order valence-electron chi connectivity index (χ2n) is 5.64. The minimum Gasteiger partial charge on any atom is -0.445 e. The number of benzene rings is 3. The third-order valence-electron chi connectivity index (χ3n) is 3.96. The fourth-order valence-electron chi connectivity index (χ4n) is 2.80. The summed E-state index contributed by atoms with van der Waals surface area (Å²) >= 11 is 11.9. The summed E-state index contributed by atoms with van der Waals surface area (Å²) in [5.41, 5.74) is 0.767. The first-order valence-electron chi connectivity index (χ1n) is 7.59. The van der Waals surface area contributed by atoms with Crippen LogP contribution in [0.2, 0.25) is 10.0 Å². The van der Waals surface area contributed by atoms with E-state index in [9.17, 15) is 8.42 Å². The zero-order valence-corrected chi connectivity index (χ0v) is 15.5. The fraction of sp³-hybridized carbons (Fsp3) is 0. The largest absolute Gasteiger partial charge is 0.445 e. The molecular formula is C19H11Cl2NO3S. The molecule has 4 nitrogen and oxygen atoms in total. The average molecular weight is 404 g/mol. The van der Waals surface area contributed by atoms with E-state index in [1.165, 1.54) is 24.5 Å². The average Bonchev–Trinajstić information content (AvgIpc) is 3.14. The zero-order chi connectivity index (χ0) is 18.3. The van der Waals surface area contributed by atoms with Gasteiger partial charge in [0.15, 0.2) is 0 Å². The van der Waals surface area contributed by atoms with Gasteiger partial charge in [-0.2, -0.15) is 0 Å². The van der Waals surface area contributed by atoms with Crippen LogP contribution in [0.3, 0.4) is 0 Å². The Morgan fingerprint density at radius 1 is 0.923 bits per heavy atom. The number of nitrogens with zero attached hydrogens (tertiary/aromatic N) is 1. The van der Waals surface area contributed by atoms with E-state index in [4.69, 9.17) is 27.6 Å². The Labute approximate surface area is 159 Å². The molecular weight excluding hydrogens is 393 g/mol. The molecule has 7 heteroatoms. The number of halogens is 2. The maximum Gasteiger partial charge on any atom is 0.225 e. The summed E-state index contributed by atoms with van der Waals surface area (Å²) in [6.07, 6.45) is 3.05. The lowest BCUT2D eigenvalue weighted by Crippen LogP contribution is -2.03. The molecule has 0 N–H and O–H groups in total. The van der Waals surface area contributed by atoms with Crippen LogP contribution in [0.15, 0.2) is 81.3 Å². The Bertz CT molecular complexity index is 1200. The van der Waals surface area contributed by atoms with Gasteiger partial charge in [-0.15, -0.1) is 0 Å². The van der Waals surface area contributed by atoms with Crippen molar-refractivity contribution in [1.82, 2.24) is 4.98 Å². The smallest absolute Gasteiger partial charge is 0.225 e. The van der Waals surface area contributed by atoms with Crippen LogP contribution in [0.1, 0.15) is 0 Å². The van der Waals surface area contributed by atoms with E-state index in [2.05, 4.69) is 4.98 Å². The van der Waals surface area contributed by atoms with Crippen molar-refractivity contribution in [2.75, 3.05) is 0 Å². The van der Waals surface area contributed by atoms with Crippen molar-refractivity contribution in [1.29, 1.82) is 0 Å². The topological polar surface area (TPSA) is 60.2 Å². The molecule has 1 heterocycles. The monoisotopic (exact) mass is 403 g/mol. The zero-order valence-electron chi connectivity index (χ0n) is 13.2. The maximum atomic E-state index is 13.1. The van der Waals surface area contributed by atoms with Gasteiger partial charge >= 0.3 is 0 Å². The summed E-state index contributed by atoms with van der Waals surface area (Å²) in [7, 11) is -3.79. The van der Waals surface area contributed by atoms with Gasteiger partial charge in [-0.3, -0.25) is 0 Å². The van der Waals surface area contributed by atoms with E-state index in [0.717, 1.165) is 10.9 Å². The van der Waals surface area contributed by atoms with Crippen LogP contribution in [-0.4, -0.2) is 13.4 Å². The fourth-order valence-corrected chi connectivity index (χ4v) is 5.00. The minimum atomic E-state index is -3.79. The number of aromatic nitrogens is 1. The lowest BCUT2D eigenvalue weighted by atomic mass is 10.1. The SMILES string of the molecule is O=S(=O)(c1cc(Cl)cc(Cl)c1)c1cccc2cc(-c3ncco3)ccc12. The molecule has 26 heavy (non-hydrogen) atoms. The number of rotatable bonds is 3. The Morgan fingerprint density at radius 2 is 1.69 bits per heavy atom. The standard InChI is InChI=1S/C19H11Cl2NO3S/c20-14-9-15(21)11-16(10-14)26(23,24)18-3-1-2-12-8-13(4-5-17(12)18)19-22-6-7-25-19/h1-11H. The van der Waals surface area contributed by atoms with E-state index >= 15 is 0 Å². The highest BCUT2D eigenvalue weighted by molar-refractivity contribution is 7.91. The lowest BCUT2D eigenvalue weighted by molar-refractivity contribution is 0.574. The molecule has 0 aliphatic rings. The molecule has 0 unspecified atom stereocenters. The van der Waals surface area contributed by atoms with Gasteiger partial charge < -0.3 is 4.42 Å². The predicted molar refractivity (Wildman–Crippen MR) is 101 cm³/mol. The van der Waals surface area contributed by atoms with E-state index in [1.807, 2.05) is 12.1 Å². The normalized spacial score (nSPS) is 11.8. The summed E-state index contributed by atoms with van der Waals surface area (Å²) in [5.74, 6) is 0.474. The molecule has 0 atom stereocenters. The van der Waals surface area contributed by atoms with Crippen molar-refractivity contribution in [2.45, 2.75) is 9.79 Å². The molecule has 0 saturated carbocycles. The molecule has 4 aromatic rings. The van der Waals surface area contributed by atoms with Gasteiger partial charge in [0.05, 0.1) is 16.0 Å². The molecule has 0 fully saturated rings. The molecule has 4 rings (SSSR count). The third-order valence-corrected chi connectivity index (χ3v) is 6.18. The third kappa shape index (κ3) is 2.98. The maximum absolute atomic E-state index is 13.1. The number of hydrogen-bond acceptors (Lipinski definition) is 4. The highest BCUT2D eigenvalue weighted by atomic mass is 35.5. The predicted octanol–water partition coefficient (Wildman–Crippen LogP) is 5.63. The second kappa shape index (κ2) is 6.43. The molecule has 0 radical (unpaired) electrons. The quantitative estimate of drug-likeness (QED) is 0.444. The summed E-state index contributed by atoms with van der Waals surface area (Å²) in [6.45, 7) is 0. The highest BCUT2D eigenvalue weighted by Gasteiger charge is 2.21. The van der Waals surface area contributed by atoms with E-state index < -0.39 is 9.84 Å². The van der Waals surface area contributed by atoms with Crippen molar-refractivity contribution < 1.29 is 12.8 Å². The highest BCUT2D eigenvalue weighted by Crippen LogP contribution is 2.33. The summed E-state index contributed by atoms with van der Waals surface area (Å²) < 4.78 is 31.5. The Balaban J connectivity index is 1.91. The van der Waals surface area contributed by atoms with Crippen LogP contribution in [0.25, 0.3) is 22.2 Å². The first-order valence-corrected chi connectivity index (χ1v) is 9.83. The number of fused-ring (bicyclic) bond motifs is 1. The number of oxazole rings is 1. The number of sulfone groups is 1. The van der Waals surface area contributed by atoms with Crippen molar-refractivity contribution in [2.24, 2.45) is 0 Å². The van der Waals surface area contributed by atoms with Gasteiger partial charge in [0.25, 0.3) is 0 Å². The summed E-state index contributed by atoms with van der Waals surface area (Å²) in [5, 5.41) is 1.89. The molecule has 0 aliphatic carbocycles. The molecule has 0 saturated heterocycles. The number of hydrogen-bond donors (Lipinski definition) is 0. The van der Waals surface area contributed by atoms with Crippen molar-refractivity contribution >= 4 is 43.8 Å². The summed E-state index contributed by atoms with van der Waals surface area (Å²) in [4.78, 5) is 4.36. The molecule has 0 aliphatic heterocycles. The minimum absolute atomic E-state index is 0.0549. The van der Waals surface area contributed by atoms with Gasteiger partial charge in [0.2, 0.25) is 15.7 Å². The van der Waals surface area contributed by atoms with Crippen molar-refractivity contribution in [3.8, 4) is 11.5 Å². The second-order valence-corrected chi connectivity index (χ2v) is 8.43. The van der Waals surface area contributed by atoms with Gasteiger partial charge in [-0.25, -0.2) is 13.4 Å². The van der Waals surface area contributed by atoms with Gasteiger partial charge in [-0.05, 0) is 41.8 Å². The van der Waals surface area contributed by atoms with Crippen LogP contribution < -0.4 is 0 Å². The molecule has 0 spiro atoms. The van der Waals surface area contributed by atoms with Gasteiger partial charge in [-0.1, -0.05) is 41.4 Å². The van der Waals surface area contributed by atoms with Gasteiger partial charge in [0.1, 0.15) is 6.26 Å². The van der Waals surface area contributed by atoms with Gasteiger partial charge in [0, 0.05) is 21.0 Å². The first-order chi connectivity index (χ1) is 12.4. The molecule has 1 aromatic heterocycles.